The first-order valence-corrected chi connectivity index (χ1v) is 3.25. The van der Waals surface area contributed by atoms with Gasteiger partial charge in [0, 0.05) is 24.1 Å². The van der Waals surface area contributed by atoms with E-state index >= 15 is 0 Å². The molecule has 1 aliphatic rings. The molecule has 54 valence electrons. The summed E-state index contributed by atoms with van der Waals surface area (Å²) in [6.07, 6.45) is 0. The third kappa shape index (κ3) is 0.384. The van der Waals surface area contributed by atoms with Crippen LogP contribution in [0, 0.1) is 0 Å². The van der Waals surface area contributed by atoms with Gasteiger partial charge in [-0.05, 0) is 0 Å². The van der Waals surface area contributed by atoms with Gasteiger partial charge in [-0.3, -0.25) is 4.57 Å². The highest BCUT2D eigenvalue weighted by molar-refractivity contribution is 5.64. The minimum absolute atomic E-state index is 0.208. The number of fused-ring (bicyclic) bond motifs is 1. The molecule has 0 bridgehead atoms. The second kappa shape index (κ2) is 1.31. The molecule has 0 spiro atoms. The quantitative estimate of drug-likeness (QED) is 0.561. The van der Waals surface area contributed by atoms with Crippen LogP contribution < -0.4 is 0 Å². The summed E-state index contributed by atoms with van der Waals surface area (Å²) in [6, 6.07) is 0. The Kier molecular flexibility index (Phi) is 0.739. The van der Waals surface area contributed by atoms with Crippen LogP contribution in [0.1, 0.15) is 24.0 Å². The first-order chi connectivity index (χ1) is 4.64. The highest BCUT2D eigenvalue weighted by Crippen LogP contribution is 2.55. The van der Waals surface area contributed by atoms with Gasteiger partial charge in [0.25, 0.3) is 0 Å². The summed E-state index contributed by atoms with van der Waals surface area (Å²) in [6.45, 7) is 1.96. The van der Waals surface area contributed by atoms with Gasteiger partial charge in [0.05, 0.1) is 0 Å². The largest absolute Gasteiger partial charge is 0.494 e. The maximum absolute atomic E-state index is 9.25. The van der Waals surface area contributed by atoms with Crippen molar-refractivity contribution in [2.24, 2.45) is 7.05 Å². The van der Waals surface area contributed by atoms with Gasteiger partial charge in [-0.2, -0.15) is 0 Å². The van der Waals surface area contributed by atoms with Crippen LogP contribution in [0.4, 0.5) is 0 Å². The highest BCUT2D eigenvalue weighted by Gasteiger charge is 2.40. The van der Waals surface area contributed by atoms with Crippen LogP contribution in [0.15, 0.2) is 0 Å². The van der Waals surface area contributed by atoms with E-state index in [0.29, 0.717) is 0 Å². The fraction of sp³-hybridized carbons (Fsp3) is 0.429. The van der Waals surface area contributed by atoms with Crippen molar-refractivity contribution in [2.75, 3.05) is 0 Å². The van der Waals surface area contributed by atoms with Crippen molar-refractivity contribution in [3.05, 3.63) is 11.1 Å². The van der Waals surface area contributed by atoms with Crippen LogP contribution in [-0.4, -0.2) is 14.8 Å². The molecule has 10 heavy (non-hydrogen) atoms. The lowest BCUT2D eigenvalue weighted by molar-refractivity contribution is 0.378. The second-order valence-electron chi connectivity index (χ2n) is 2.76. The van der Waals surface area contributed by atoms with Crippen LogP contribution in [0.5, 0.6) is 11.8 Å². The van der Waals surface area contributed by atoms with Crippen LogP contribution in [0.2, 0.25) is 0 Å². The zero-order valence-electron chi connectivity index (χ0n) is 5.92. The standard InChI is InChI=1S/C7H9NO2/c1-3-4-5(3)7(10)8(2)6(4)9/h3,9-10H,1-2H3. The highest BCUT2D eigenvalue weighted by atomic mass is 16.3. The maximum atomic E-state index is 9.25. The lowest BCUT2D eigenvalue weighted by atomic mass is 10.3. The molecule has 0 fully saturated rings. The zero-order valence-corrected chi connectivity index (χ0v) is 5.92. The monoisotopic (exact) mass is 139 g/mol. The maximum Gasteiger partial charge on any atom is 0.197 e. The van der Waals surface area contributed by atoms with E-state index in [1.807, 2.05) is 6.92 Å². The Hall–Kier alpha value is -1.12. The Balaban J connectivity index is 2.66. The molecule has 1 heterocycles. The molecule has 1 aliphatic carbocycles. The zero-order chi connectivity index (χ0) is 7.46. The lowest BCUT2D eigenvalue weighted by Gasteiger charge is -2.00. The third-order valence-corrected chi connectivity index (χ3v) is 2.19. The summed E-state index contributed by atoms with van der Waals surface area (Å²) in [4.78, 5) is 0. The Morgan fingerprint density at radius 1 is 1.20 bits per heavy atom. The van der Waals surface area contributed by atoms with Crippen LogP contribution in [0.25, 0.3) is 0 Å². The molecule has 0 amide bonds. The van der Waals surface area contributed by atoms with Gasteiger partial charge in [0.2, 0.25) is 0 Å². The molecular formula is C7H9NO2. The summed E-state index contributed by atoms with van der Waals surface area (Å²) >= 11 is 0. The molecule has 1 aromatic heterocycles. The molecule has 2 N–H and O–H groups in total. The second-order valence-corrected chi connectivity index (χ2v) is 2.76. The SMILES string of the molecule is CC1c2c1c(O)n(C)c2O. The average molecular weight is 139 g/mol. The molecular weight excluding hydrogens is 130 g/mol. The molecule has 1 aromatic rings. The molecule has 0 aliphatic heterocycles. The molecule has 0 aromatic carbocycles. The van der Waals surface area contributed by atoms with Crippen molar-refractivity contribution < 1.29 is 10.2 Å². The van der Waals surface area contributed by atoms with Gasteiger partial charge in [0.15, 0.2) is 11.8 Å². The van der Waals surface area contributed by atoms with Crippen LogP contribution >= 0.6 is 0 Å². The Morgan fingerprint density at radius 2 is 1.60 bits per heavy atom. The molecule has 0 atom stereocenters. The van der Waals surface area contributed by atoms with E-state index in [2.05, 4.69) is 0 Å². The number of aromatic nitrogens is 1. The summed E-state index contributed by atoms with van der Waals surface area (Å²) in [5.74, 6) is 0.691. The first-order valence-electron chi connectivity index (χ1n) is 3.25. The fourth-order valence-electron chi connectivity index (χ4n) is 1.43. The predicted octanol–water partition coefficient (Wildman–Crippen LogP) is 0.901. The van der Waals surface area contributed by atoms with Gasteiger partial charge in [-0.25, -0.2) is 0 Å². The van der Waals surface area contributed by atoms with E-state index in [-0.39, 0.29) is 17.7 Å². The lowest BCUT2D eigenvalue weighted by Crippen LogP contribution is -1.88. The van der Waals surface area contributed by atoms with Gasteiger partial charge < -0.3 is 10.2 Å². The Bertz CT molecular complexity index is 274. The molecule has 0 saturated heterocycles. The van der Waals surface area contributed by atoms with Crippen LogP contribution in [-0.2, 0) is 7.05 Å². The van der Waals surface area contributed by atoms with Crippen molar-refractivity contribution in [3.8, 4) is 11.8 Å². The van der Waals surface area contributed by atoms with Crippen molar-refractivity contribution in [1.29, 1.82) is 0 Å². The van der Waals surface area contributed by atoms with Crippen molar-refractivity contribution in [3.63, 3.8) is 0 Å². The average Bonchev–Trinajstić information content (AvgIpc) is 2.50. The molecule has 0 radical (unpaired) electrons. The number of aromatic hydroxyl groups is 2. The topological polar surface area (TPSA) is 45.4 Å². The minimum Gasteiger partial charge on any atom is -0.494 e. The predicted molar refractivity (Wildman–Crippen MR) is 36.3 cm³/mol. The third-order valence-electron chi connectivity index (χ3n) is 2.19. The van der Waals surface area contributed by atoms with Gasteiger partial charge >= 0.3 is 0 Å². The van der Waals surface area contributed by atoms with E-state index in [1.54, 1.807) is 7.05 Å². The Morgan fingerprint density at radius 3 is 1.90 bits per heavy atom. The van der Waals surface area contributed by atoms with Crippen molar-refractivity contribution >= 4 is 0 Å². The van der Waals surface area contributed by atoms with Crippen molar-refractivity contribution in [1.82, 2.24) is 4.57 Å². The van der Waals surface area contributed by atoms with E-state index in [9.17, 15) is 10.2 Å². The smallest absolute Gasteiger partial charge is 0.197 e. The molecule has 0 saturated carbocycles. The van der Waals surface area contributed by atoms with Crippen molar-refractivity contribution in [2.45, 2.75) is 12.8 Å². The van der Waals surface area contributed by atoms with E-state index < -0.39 is 0 Å². The first kappa shape index (κ1) is 5.65. The Labute approximate surface area is 58.5 Å². The number of nitrogens with zero attached hydrogens (tertiary/aromatic N) is 1. The summed E-state index contributed by atoms with van der Waals surface area (Å²) in [5.41, 5.74) is 1.81. The molecule has 3 heteroatoms. The fourth-order valence-corrected chi connectivity index (χ4v) is 1.43. The molecule has 0 unspecified atom stereocenters. The summed E-state index contributed by atoms with van der Waals surface area (Å²) in [5, 5.41) is 18.5. The molecule has 3 nitrogen and oxygen atoms in total. The van der Waals surface area contributed by atoms with E-state index in [0.717, 1.165) is 11.1 Å². The normalized spacial score (nSPS) is 15.4. The van der Waals surface area contributed by atoms with E-state index in [1.165, 1.54) is 4.57 Å². The number of hydrogen-bond donors (Lipinski definition) is 2. The number of rotatable bonds is 0. The van der Waals surface area contributed by atoms with Gasteiger partial charge in [-0.1, -0.05) is 6.92 Å². The number of hydrogen-bond acceptors (Lipinski definition) is 2. The van der Waals surface area contributed by atoms with E-state index in [4.69, 9.17) is 0 Å². The molecule has 2 rings (SSSR count). The minimum atomic E-state index is 0.208. The van der Waals surface area contributed by atoms with Gasteiger partial charge in [-0.15, -0.1) is 0 Å². The summed E-state index contributed by atoms with van der Waals surface area (Å²) in [7, 11) is 1.64. The van der Waals surface area contributed by atoms with Gasteiger partial charge in [0.1, 0.15) is 0 Å². The summed E-state index contributed by atoms with van der Waals surface area (Å²) < 4.78 is 1.39. The van der Waals surface area contributed by atoms with Crippen LogP contribution in [0.3, 0.4) is 0 Å².